The summed E-state index contributed by atoms with van der Waals surface area (Å²) in [5.41, 5.74) is 1.39. The van der Waals surface area contributed by atoms with Crippen LogP contribution in [0, 0.1) is 0 Å². The minimum atomic E-state index is -0.217. The molecular weight excluding hydrogens is 252 g/mol. The molecule has 2 N–H and O–H groups in total. The van der Waals surface area contributed by atoms with Crippen molar-refractivity contribution in [2.45, 2.75) is 52.3 Å². The van der Waals surface area contributed by atoms with Gasteiger partial charge in [-0.2, -0.15) is 0 Å². The summed E-state index contributed by atoms with van der Waals surface area (Å²) in [5, 5.41) is 6.56. The summed E-state index contributed by atoms with van der Waals surface area (Å²) < 4.78 is 5.89. The molecule has 110 valence electrons. The van der Waals surface area contributed by atoms with Crippen molar-refractivity contribution in [3.63, 3.8) is 0 Å². The SMILES string of the molecule is CC(C)NC(C)C(=O)c1ccc2c(c1)NCC(C)(C)O2. The van der Waals surface area contributed by atoms with E-state index in [-0.39, 0.29) is 23.5 Å². The molecule has 0 saturated heterocycles. The van der Waals surface area contributed by atoms with Crippen LogP contribution in [0.3, 0.4) is 0 Å². The van der Waals surface area contributed by atoms with Gasteiger partial charge in [-0.1, -0.05) is 13.8 Å². The molecule has 0 bridgehead atoms. The first-order valence-electron chi connectivity index (χ1n) is 7.16. The molecule has 20 heavy (non-hydrogen) atoms. The lowest BCUT2D eigenvalue weighted by Crippen LogP contribution is -2.40. The average molecular weight is 276 g/mol. The molecule has 4 heteroatoms. The van der Waals surface area contributed by atoms with E-state index in [1.54, 1.807) is 0 Å². The highest BCUT2D eigenvalue weighted by molar-refractivity contribution is 6.01. The maximum absolute atomic E-state index is 12.4. The molecule has 1 aromatic rings. The van der Waals surface area contributed by atoms with E-state index in [0.717, 1.165) is 18.0 Å². The fourth-order valence-electron chi connectivity index (χ4n) is 2.38. The molecule has 2 rings (SSSR count). The van der Waals surface area contributed by atoms with Crippen molar-refractivity contribution in [3.8, 4) is 5.75 Å². The number of Topliss-reactive ketones (excluding diaryl/α,β-unsaturated/α-hetero) is 1. The van der Waals surface area contributed by atoms with Gasteiger partial charge in [0.1, 0.15) is 11.4 Å². The van der Waals surface area contributed by atoms with Crippen molar-refractivity contribution >= 4 is 11.5 Å². The molecule has 4 nitrogen and oxygen atoms in total. The highest BCUT2D eigenvalue weighted by Crippen LogP contribution is 2.33. The second-order valence-corrected chi connectivity index (χ2v) is 6.33. The number of hydrogen-bond acceptors (Lipinski definition) is 4. The zero-order valence-electron chi connectivity index (χ0n) is 12.9. The predicted octanol–water partition coefficient (Wildman–Crippen LogP) is 2.84. The van der Waals surface area contributed by atoms with E-state index < -0.39 is 0 Å². The fraction of sp³-hybridized carbons (Fsp3) is 0.562. The first-order valence-corrected chi connectivity index (χ1v) is 7.16. The Morgan fingerprint density at radius 3 is 2.70 bits per heavy atom. The van der Waals surface area contributed by atoms with Gasteiger partial charge in [0.2, 0.25) is 0 Å². The van der Waals surface area contributed by atoms with Gasteiger partial charge in [0.05, 0.1) is 18.3 Å². The van der Waals surface area contributed by atoms with Crippen LogP contribution in [0.1, 0.15) is 45.0 Å². The Balaban J connectivity index is 2.18. The predicted molar refractivity (Wildman–Crippen MR) is 81.7 cm³/mol. The Morgan fingerprint density at radius 1 is 1.35 bits per heavy atom. The normalized spacial score (nSPS) is 17.9. The highest BCUT2D eigenvalue weighted by atomic mass is 16.5. The standard InChI is InChI=1S/C16H24N2O2/c1-10(2)18-11(3)15(19)12-6-7-14-13(8-12)17-9-16(4,5)20-14/h6-8,10-11,17-18H,9H2,1-5H3. The van der Waals surface area contributed by atoms with Gasteiger partial charge in [-0.05, 0) is 39.0 Å². The monoisotopic (exact) mass is 276 g/mol. The van der Waals surface area contributed by atoms with Crippen molar-refractivity contribution in [1.82, 2.24) is 5.32 Å². The molecule has 1 aliphatic heterocycles. The molecule has 1 aromatic carbocycles. The minimum Gasteiger partial charge on any atom is -0.484 e. The number of ketones is 1. The van der Waals surface area contributed by atoms with E-state index in [0.29, 0.717) is 5.56 Å². The smallest absolute Gasteiger partial charge is 0.179 e. The third-order valence-electron chi connectivity index (χ3n) is 3.33. The second-order valence-electron chi connectivity index (χ2n) is 6.33. The molecule has 0 aliphatic carbocycles. The molecule has 0 fully saturated rings. The molecule has 1 heterocycles. The molecule has 0 amide bonds. The lowest BCUT2D eigenvalue weighted by molar-refractivity contribution is 0.0946. The van der Waals surface area contributed by atoms with Crippen LogP contribution >= 0.6 is 0 Å². The average Bonchev–Trinajstić information content (AvgIpc) is 2.35. The van der Waals surface area contributed by atoms with Crippen molar-refractivity contribution in [1.29, 1.82) is 0 Å². The van der Waals surface area contributed by atoms with Crippen LogP contribution in [-0.4, -0.2) is 30.0 Å². The third kappa shape index (κ3) is 3.31. The van der Waals surface area contributed by atoms with Crippen LogP contribution in [0.5, 0.6) is 5.75 Å². The Labute approximate surface area is 120 Å². The number of fused-ring (bicyclic) bond motifs is 1. The molecule has 1 atom stereocenters. The number of anilines is 1. The van der Waals surface area contributed by atoms with Gasteiger partial charge in [-0.25, -0.2) is 0 Å². The Morgan fingerprint density at radius 2 is 2.05 bits per heavy atom. The number of carbonyl (C=O) groups excluding carboxylic acids is 1. The summed E-state index contributed by atoms with van der Waals surface area (Å²) in [5.74, 6) is 0.912. The fourth-order valence-corrected chi connectivity index (χ4v) is 2.38. The van der Waals surface area contributed by atoms with Gasteiger partial charge in [0.15, 0.2) is 5.78 Å². The number of hydrogen-bond donors (Lipinski definition) is 2. The second kappa shape index (κ2) is 5.44. The molecular formula is C16H24N2O2. The van der Waals surface area contributed by atoms with E-state index in [1.165, 1.54) is 0 Å². The van der Waals surface area contributed by atoms with E-state index in [2.05, 4.69) is 10.6 Å². The first kappa shape index (κ1) is 14.9. The summed E-state index contributed by atoms with van der Waals surface area (Å²) in [4.78, 5) is 12.4. The number of rotatable bonds is 4. The van der Waals surface area contributed by atoms with Crippen molar-refractivity contribution < 1.29 is 9.53 Å². The van der Waals surface area contributed by atoms with Crippen molar-refractivity contribution in [2.24, 2.45) is 0 Å². The lowest BCUT2D eigenvalue weighted by Gasteiger charge is -2.33. The zero-order chi connectivity index (χ0) is 14.9. The van der Waals surface area contributed by atoms with E-state index in [9.17, 15) is 4.79 Å². The molecule has 0 saturated carbocycles. The van der Waals surface area contributed by atoms with Crippen LogP contribution < -0.4 is 15.4 Å². The van der Waals surface area contributed by atoms with Gasteiger partial charge in [0, 0.05) is 11.6 Å². The Hall–Kier alpha value is -1.55. The van der Waals surface area contributed by atoms with Crippen molar-refractivity contribution in [2.75, 3.05) is 11.9 Å². The van der Waals surface area contributed by atoms with Crippen LogP contribution in [0.4, 0.5) is 5.69 Å². The summed E-state index contributed by atoms with van der Waals surface area (Å²) >= 11 is 0. The molecule has 1 aliphatic rings. The topological polar surface area (TPSA) is 50.4 Å². The minimum absolute atomic E-state index is 0.105. The van der Waals surface area contributed by atoms with Crippen LogP contribution in [0.15, 0.2) is 18.2 Å². The van der Waals surface area contributed by atoms with E-state index >= 15 is 0 Å². The molecule has 0 aromatic heterocycles. The number of nitrogens with one attached hydrogen (secondary N) is 2. The first-order chi connectivity index (χ1) is 9.28. The quantitative estimate of drug-likeness (QED) is 0.830. The van der Waals surface area contributed by atoms with Gasteiger partial charge >= 0.3 is 0 Å². The van der Waals surface area contributed by atoms with E-state index in [4.69, 9.17) is 4.74 Å². The van der Waals surface area contributed by atoms with Gasteiger partial charge in [0.25, 0.3) is 0 Å². The highest BCUT2D eigenvalue weighted by Gasteiger charge is 2.27. The summed E-state index contributed by atoms with van der Waals surface area (Å²) in [6.45, 7) is 10.8. The zero-order valence-corrected chi connectivity index (χ0v) is 12.9. The van der Waals surface area contributed by atoms with Crippen LogP contribution in [0.2, 0.25) is 0 Å². The molecule has 1 unspecified atom stereocenters. The number of benzene rings is 1. The maximum Gasteiger partial charge on any atom is 0.179 e. The molecule has 0 spiro atoms. The number of ether oxygens (including phenoxy) is 1. The van der Waals surface area contributed by atoms with Crippen molar-refractivity contribution in [3.05, 3.63) is 23.8 Å². The largest absolute Gasteiger partial charge is 0.484 e. The number of carbonyl (C=O) groups is 1. The summed E-state index contributed by atoms with van der Waals surface area (Å²) in [7, 11) is 0. The van der Waals surface area contributed by atoms with E-state index in [1.807, 2.05) is 52.8 Å². The van der Waals surface area contributed by atoms with Gasteiger partial charge in [-0.3, -0.25) is 4.79 Å². The third-order valence-corrected chi connectivity index (χ3v) is 3.33. The van der Waals surface area contributed by atoms with Crippen LogP contribution in [-0.2, 0) is 0 Å². The van der Waals surface area contributed by atoms with Gasteiger partial charge < -0.3 is 15.4 Å². The molecule has 0 radical (unpaired) electrons. The maximum atomic E-state index is 12.4. The van der Waals surface area contributed by atoms with Gasteiger partial charge in [-0.15, -0.1) is 0 Å². The Bertz CT molecular complexity index is 509. The summed E-state index contributed by atoms with van der Waals surface area (Å²) in [6, 6.07) is 5.69. The summed E-state index contributed by atoms with van der Waals surface area (Å²) in [6.07, 6.45) is 0. The Kier molecular flexibility index (Phi) is 4.04. The van der Waals surface area contributed by atoms with Crippen LogP contribution in [0.25, 0.3) is 0 Å². The lowest BCUT2D eigenvalue weighted by atomic mass is 10.0.